The molecule has 0 spiro atoms. The number of ether oxygens (including phenoxy) is 3. The first kappa shape index (κ1) is 18.9. The van der Waals surface area contributed by atoms with Crippen molar-refractivity contribution in [3.05, 3.63) is 59.7 Å². The van der Waals surface area contributed by atoms with Crippen molar-refractivity contribution in [1.82, 2.24) is 4.90 Å². The lowest BCUT2D eigenvalue weighted by Crippen LogP contribution is -2.31. The van der Waals surface area contributed by atoms with E-state index in [-0.39, 0.29) is 12.5 Å². The van der Waals surface area contributed by atoms with E-state index in [0.29, 0.717) is 13.1 Å². The number of alkyl halides is 1. The summed E-state index contributed by atoms with van der Waals surface area (Å²) in [5.74, 6) is 1.82. The zero-order chi connectivity index (χ0) is 18.1. The van der Waals surface area contributed by atoms with Gasteiger partial charge in [-0.15, -0.1) is 11.6 Å². The number of amides is 1. The number of carbonyl (C=O) groups is 1. The quantitative estimate of drug-likeness (QED) is 0.663. The van der Waals surface area contributed by atoms with Crippen molar-refractivity contribution in [3.8, 4) is 11.5 Å². The normalized spacial score (nSPS) is 10.2. The van der Waals surface area contributed by atoms with E-state index in [1.54, 1.807) is 19.1 Å². The van der Waals surface area contributed by atoms with E-state index in [4.69, 9.17) is 25.8 Å². The minimum Gasteiger partial charge on any atom is -0.497 e. The van der Waals surface area contributed by atoms with E-state index in [1.165, 1.54) is 0 Å². The molecule has 0 unspecified atom stereocenters. The summed E-state index contributed by atoms with van der Waals surface area (Å²) in [5.41, 5.74) is 1.97. The lowest BCUT2D eigenvalue weighted by Gasteiger charge is -2.22. The van der Waals surface area contributed by atoms with Crippen LogP contribution in [0.15, 0.2) is 48.5 Å². The molecule has 0 saturated carbocycles. The van der Waals surface area contributed by atoms with Gasteiger partial charge < -0.3 is 14.2 Å². The SMILES string of the molecule is COc1ccc(CN(Cc2ccc(OC)cc2)C(=O)OCCCl)cc1. The third-order valence-corrected chi connectivity index (χ3v) is 3.78. The summed E-state index contributed by atoms with van der Waals surface area (Å²) >= 11 is 5.61. The molecule has 0 fully saturated rings. The third kappa shape index (κ3) is 5.87. The molecule has 5 nitrogen and oxygen atoms in total. The van der Waals surface area contributed by atoms with Crippen molar-refractivity contribution in [1.29, 1.82) is 0 Å². The van der Waals surface area contributed by atoms with Crippen LogP contribution in [0, 0.1) is 0 Å². The van der Waals surface area contributed by atoms with E-state index in [9.17, 15) is 4.79 Å². The molecule has 6 heteroatoms. The molecule has 0 saturated heterocycles. The molecule has 0 aliphatic heterocycles. The molecular formula is C19H22ClNO4. The minimum absolute atomic E-state index is 0.183. The summed E-state index contributed by atoms with van der Waals surface area (Å²) in [6.07, 6.45) is -0.396. The molecule has 2 aromatic carbocycles. The number of carbonyl (C=O) groups excluding carboxylic acids is 1. The van der Waals surface area contributed by atoms with Crippen LogP contribution in [0.25, 0.3) is 0 Å². The van der Waals surface area contributed by atoms with Gasteiger partial charge in [0.25, 0.3) is 0 Å². The van der Waals surface area contributed by atoms with Crippen LogP contribution in [-0.2, 0) is 17.8 Å². The number of hydrogen-bond donors (Lipinski definition) is 0. The van der Waals surface area contributed by atoms with Gasteiger partial charge in [0.1, 0.15) is 18.1 Å². The van der Waals surface area contributed by atoms with Gasteiger partial charge in [0.2, 0.25) is 0 Å². The fourth-order valence-electron chi connectivity index (χ4n) is 2.30. The van der Waals surface area contributed by atoms with Crippen LogP contribution in [0.4, 0.5) is 4.79 Å². The molecule has 0 aliphatic carbocycles. The molecule has 25 heavy (non-hydrogen) atoms. The van der Waals surface area contributed by atoms with Gasteiger partial charge in [-0.1, -0.05) is 24.3 Å². The summed E-state index contributed by atoms with van der Waals surface area (Å²) < 4.78 is 15.5. The number of rotatable bonds is 8. The first-order valence-electron chi connectivity index (χ1n) is 7.89. The Morgan fingerprint density at radius 3 is 1.68 bits per heavy atom. The van der Waals surface area contributed by atoms with Crippen LogP contribution < -0.4 is 9.47 Å². The summed E-state index contributed by atoms with van der Waals surface area (Å²) in [6.45, 7) is 1.04. The van der Waals surface area contributed by atoms with Gasteiger partial charge in [-0.05, 0) is 35.4 Å². The zero-order valence-corrected chi connectivity index (χ0v) is 15.2. The molecule has 2 aromatic rings. The van der Waals surface area contributed by atoms with Gasteiger partial charge in [-0.25, -0.2) is 4.79 Å². The Bertz CT molecular complexity index is 609. The number of benzene rings is 2. The van der Waals surface area contributed by atoms with Crippen LogP contribution in [0.2, 0.25) is 0 Å². The molecule has 0 heterocycles. The fraction of sp³-hybridized carbons (Fsp3) is 0.316. The second kappa shape index (κ2) is 9.79. The summed E-state index contributed by atoms with van der Waals surface area (Å²) in [7, 11) is 3.24. The van der Waals surface area contributed by atoms with Gasteiger partial charge in [0.05, 0.1) is 20.1 Å². The average molecular weight is 364 g/mol. The van der Waals surface area contributed by atoms with Crippen LogP contribution in [0.1, 0.15) is 11.1 Å². The number of methoxy groups -OCH3 is 2. The topological polar surface area (TPSA) is 48.0 Å². The lowest BCUT2D eigenvalue weighted by molar-refractivity contribution is 0.102. The standard InChI is InChI=1S/C19H22ClNO4/c1-23-17-7-3-15(4-8-17)13-21(19(22)25-12-11-20)14-16-5-9-18(24-2)10-6-16/h3-10H,11-14H2,1-2H3. The second-order valence-electron chi connectivity index (χ2n) is 5.36. The van der Waals surface area contributed by atoms with Crippen LogP contribution in [0.3, 0.4) is 0 Å². The molecule has 0 atom stereocenters. The smallest absolute Gasteiger partial charge is 0.410 e. The highest BCUT2D eigenvalue weighted by atomic mass is 35.5. The van der Waals surface area contributed by atoms with Crippen LogP contribution in [0.5, 0.6) is 11.5 Å². The van der Waals surface area contributed by atoms with Crippen molar-refractivity contribution in [2.45, 2.75) is 13.1 Å². The zero-order valence-electron chi connectivity index (χ0n) is 14.4. The van der Waals surface area contributed by atoms with Gasteiger partial charge >= 0.3 is 6.09 Å². The van der Waals surface area contributed by atoms with E-state index in [0.717, 1.165) is 22.6 Å². The van der Waals surface area contributed by atoms with E-state index in [2.05, 4.69) is 0 Å². The van der Waals surface area contributed by atoms with Gasteiger partial charge in [-0.2, -0.15) is 0 Å². The molecule has 0 aliphatic rings. The highest BCUT2D eigenvalue weighted by Gasteiger charge is 2.16. The lowest BCUT2D eigenvalue weighted by atomic mass is 10.1. The minimum atomic E-state index is -0.396. The predicted octanol–water partition coefficient (Wildman–Crippen LogP) is 4.08. The van der Waals surface area contributed by atoms with Crippen LogP contribution >= 0.6 is 11.6 Å². The summed E-state index contributed by atoms with van der Waals surface area (Å²) in [6, 6.07) is 15.2. The third-order valence-electron chi connectivity index (χ3n) is 3.63. The maximum Gasteiger partial charge on any atom is 0.410 e. The molecular weight excluding hydrogens is 342 g/mol. The fourth-order valence-corrected chi connectivity index (χ4v) is 2.38. The Hall–Kier alpha value is -2.40. The van der Waals surface area contributed by atoms with E-state index < -0.39 is 6.09 Å². The predicted molar refractivity (Wildman–Crippen MR) is 97.3 cm³/mol. The Labute approximate surface area is 153 Å². The van der Waals surface area contributed by atoms with Crippen LogP contribution in [-0.4, -0.2) is 37.7 Å². The van der Waals surface area contributed by atoms with Gasteiger partial charge in [0, 0.05) is 13.1 Å². The average Bonchev–Trinajstić information content (AvgIpc) is 2.66. The Morgan fingerprint density at radius 1 is 0.880 bits per heavy atom. The van der Waals surface area contributed by atoms with Gasteiger partial charge in [0.15, 0.2) is 0 Å². The number of halogens is 1. The Morgan fingerprint density at radius 2 is 1.32 bits per heavy atom. The first-order chi connectivity index (χ1) is 12.2. The highest BCUT2D eigenvalue weighted by molar-refractivity contribution is 6.18. The molecule has 2 rings (SSSR count). The van der Waals surface area contributed by atoms with E-state index in [1.807, 2.05) is 48.5 Å². The van der Waals surface area contributed by atoms with Crippen molar-refractivity contribution < 1.29 is 19.0 Å². The first-order valence-corrected chi connectivity index (χ1v) is 8.43. The molecule has 0 radical (unpaired) electrons. The summed E-state index contributed by atoms with van der Waals surface area (Å²) in [5, 5.41) is 0. The van der Waals surface area contributed by atoms with Gasteiger partial charge in [-0.3, -0.25) is 4.90 Å². The number of nitrogens with zero attached hydrogens (tertiary/aromatic N) is 1. The second-order valence-corrected chi connectivity index (χ2v) is 5.73. The van der Waals surface area contributed by atoms with Crippen molar-refractivity contribution >= 4 is 17.7 Å². The molecule has 1 amide bonds. The van der Waals surface area contributed by atoms with Crippen molar-refractivity contribution in [3.63, 3.8) is 0 Å². The molecule has 0 aromatic heterocycles. The highest BCUT2D eigenvalue weighted by Crippen LogP contribution is 2.17. The van der Waals surface area contributed by atoms with E-state index >= 15 is 0 Å². The van der Waals surface area contributed by atoms with Crippen molar-refractivity contribution in [2.75, 3.05) is 26.7 Å². The molecule has 0 N–H and O–H groups in total. The molecule has 0 bridgehead atoms. The molecule has 134 valence electrons. The maximum atomic E-state index is 12.4. The Balaban J connectivity index is 2.11. The number of hydrogen-bond acceptors (Lipinski definition) is 4. The van der Waals surface area contributed by atoms with Crippen molar-refractivity contribution in [2.24, 2.45) is 0 Å². The Kier molecular flexibility index (Phi) is 7.41. The maximum absolute atomic E-state index is 12.4. The largest absolute Gasteiger partial charge is 0.497 e. The monoisotopic (exact) mass is 363 g/mol. The summed E-state index contributed by atoms with van der Waals surface area (Å²) in [4.78, 5) is 14.0.